The summed E-state index contributed by atoms with van der Waals surface area (Å²) in [5.41, 5.74) is 1.02. The van der Waals surface area contributed by atoms with Crippen molar-refractivity contribution < 1.29 is 13.6 Å². The number of hydrogen-bond acceptors (Lipinski definition) is 1. The molecule has 76 valence electrons. The zero-order chi connectivity index (χ0) is 10.4. The summed E-state index contributed by atoms with van der Waals surface area (Å²) in [6, 6.07) is 9.37. The molecule has 1 N–H and O–H groups in total. The molecule has 0 unspecified atom stereocenters. The predicted molar refractivity (Wildman–Crippen MR) is 49.2 cm³/mol. The summed E-state index contributed by atoms with van der Waals surface area (Å²) in [7, 11) is 0. The zero-order valence-electron chi connectivity index (χ0n) is 7.54. The molecule has 0 aliphatic carbocycles. The first-order valence-corrected chi connectivity index (χ1v) is 4.30. The molecule has 1 amide bonds. The van der Waals surface area contributed by atoms with Gasteiger partial charge in [0.15, 0.2) is 0 Å². The highest BCUT2D eigenvalue weighted by Gasteiger charge is 2.13. The fourth-order valence-corrected chi connectivity index (χ4v) is 1.05. The summed E-state index contributed by atoms with van der Waals surface area (Å²) in [6.07, 6.45) is -2.36. The van der Waals surface area contributed by atoms with Crippen LogP contribution in [0.4, 0.5) is 8.78 Å². The Bertz CT molecular complexity index is 287. The number of benzene rings is 1. The largest absolute Gasteiger partial charge is 0.351 e. The molecule has 0 atom stereocenters. The van der Waals surface area contributed by atoms with Crippen LogP contribution in [0.2, 0.25) is 0 Å². The minimum Gasteiger partial charge on any atom is -0.351 e. The fraction of sp³-hybridized carbons (Fsp3) is 0.300. The molecule has 0 saturated carbocycles. The molecule has 1 aromatic rings. The molecule has 4 heteroatoms. The lowest BCUT2D eigenvalue weighted by atomic mass is 10.1. The molecule has 0 aliphatic rings. The molecule has 2 nitrogen and oxygen atoms in total. The van der Waals surface area contributed by atoms with E-state index < -0.39 is 12.3 Å². The van der Waals surface area contributed by atoms with Crippen LogP contribution in [0.5, 0.6) is 0 Å². The van der Waals surface area contributed by atoms with Crippen LogP contribution in [-0.2, 0) is 11.2 Å². The zero-order valence-corrected chi connectivity index (χ0v) is 7.54. The SMILES string of the molecule is O=C(NCCc1ccccc1)C(F)F. The minimum absolute atomic E-state index is 0.243. The van der Waals surface area contributed by atoms with Gasteiger partial charge in [-0.2, -0.15) is 8.78 Å². The molecule has 0 radical (unpaired) electrons. The maximum Gasteiger partial charge on any atom is 0.315 e. The quantitative estimate of drug-likeness (QED) is 0.784. The lowest BCUT2D eigenvalue weighted by Gasteiger charge is -2.03. The Hall–Kier alpha value is -1.45. The van der Waals surface area contributed by atoms with Crippen molar-refractivity contribution in [3.05, 3.63) is 35.9 Å². The van der Waals surface area contributed by atoms with Gasteiger partial charge in [-0.05, 0) is 12.0 Å². The van der Waals surface area contributed by atoms with Gasteiger partial charge in [0.1, 0.15) is 0 Å². The lowest BCUT2D eigenvalue weighted by molar-refractivity contribution is -0.131. The van der Waals surface area contributed by atoms with E-state index in [-0.39, 0.29) is 6.54 Å². The van der Waals surface area contributed by atoms with Crippen LogP contribution < -0.4 is 5.32 Å². The average Bonchev–Trinajstić information content (AvgIpc) is 2.19. The number of amides is 1. The van der Waals surface area contributed by atoms with Crippen molar-refractivity contribution >= 4 is 5.91 Å². The molecule has 1 rings (SSSR count). The van der Waals surface area contributed by atoms with Gasteiger partial charge in [0.2, 0.25) is 0 Å². The number of hydrogen-bond donors (Lipinski definition) is 1. The summed E-state index contributed by atoms with van der Waals surface area (Å²) in [6.45, 7) is 0.243. The van der Waals surface area contributed by atoms with E-state index in [0.29, 0.717) is 6.42 Å². The van der Waals surface area contributed by atoms with Gasteiger partial charge in [-0.25, -0.2) is 0 Å². The molecule has 1 aromatic carbocycles. The number of rotatable bonds is 4. The van der Waals surface area contributed by atoms with E-state index >= 15 is 0 Å². The standard InChI is InChI=1S/C10H11F2NO/c11-9(12)10(14)13-7-6-8-4-2-1-3-5-8/h1-5,9H,6-7H2,(H,13,14). The van der Waals surface area contributed by atoms with Gasteiger partial charge in [0.05, 0.1) is 0 Å². The minimum atomic E-state index is -2.93. The third-order valence-electron chi connectivity index (χ3n) is 1.75. The third-order valence-corrected chi connectivity index (χ3v) is 1.75. The lowest BCUT2D eigenvalue weighted by Crippen LogP contribution is -2.31. The number of carbonyl (C=O) groups is 1. The molecule has 0 aliphatic heterocycles. The van der Waals surface area contributed by atoms with Crippen molar-refractivity contribution in [3.8, 4) is 0 Å². The Balaban J connectivity index is 2.26. The van der Waals surface area contributed by atoms with E-state index in [9.17, 15) is 13.6 Å². The summed E-state index contributed by atoms with van der Waals surface area (Å²) < 4.78 is 23.5. The second-order valence-corrected chi connectivity index (χ2v) is 2.83. The van der Waals surface area contributed by atoms with E-state index in [0.717, 1.165) is 5.56 Å². The van der Waals surface area contributed by atoms with Crippen LogP contribution in [0, 0.1) is 0 Å². The fourth-order valence-electron chi connectivity index (χ4n) is 1.05. The summed E-state index contributed by atoms with van der Waals surface area (Å²) in [4.78, 5) is 10.5. The Morgan fingerprint density at radius 3 is 2.50 bits per heavy atom. The molecule has 0 fully saturated rings. The number of halogens is 2. The molecule has 14 heavy (non-hydrogen) atoms. The van der Waals surface area contributed by atoms with Crippen molar-refractivity contribution in [2.24, 2.45) is 0 Å². The molecular weight excluding hydrogens is 188 g/mol. The Morgan fingerprint density at radius 2 is 1.93 bits per heavy atom. The van der Waals surface area contributed by atoms with Gasteiger partial charge in [-0.15, -0.1) is 0 Å². The van der Waals surface area contributed by atoms with Crippen LogP contribution >= 0.6 is 0 Å². The highest BCUT2D eigenvalue weighted by Crippen LogP contribution is 1.98. The van der Waals surface area contributed by atoms with E-state index in [4.69, 9.17) is 0 Å². The van der Waals surface area contributed by atoms with Gasteiger partial charge in [-0.1, -0.05) is 30.3 Å². The summed E-state index contributed by atoms with van der Waals surface area (Å²) in [5.74, 6) is -1.21. The van der Waals surface area contributed by atoms with Crippen molar-refractivity contribution in [1.29, 1.82) is 0 Å². The van der Waals surface area contributed by atoms with E-state index in [1.807, 2.05) is 30.3 Å². The van der Waals surface area contributed by atoms with Gasteiger partial charge >= 0.3 is 6.43 Å². The maximum atomic E-state index is 11.7. The molecule has 0 bridgehead atoms. The molecule has 0 spiro atoms. The first kappa shape index (κ1) is 10.6. The van der Waals surface area contributed by atoms with Gasteiger partial charge in [0.25, 0.3) is 5.91 Å². The van der Waals surface area contributed by atoms with Crippen LogP contribution in [0.1, 0.15) is 5.56 Å². The van der Waals surface area contributed by atoms with Crippen LogP contribution in [0.3, 0.4) is 0 Å². The Morgan fingerprint density at radius 1 is 1.29 bits per heavy atom. The molecule has 0 heterocycles. The monoisotopic (exact) mass is 199 g/mol. The number of alkyl halides is 2. The second-order valence-electron chi connectivity index (χ2n) is 2.83. The van der Waals surface area contributed by atoms with Crippen molar-refractivity contribution in [2.45, 2.75) is 12.8 Å². The smallest absolute Gasteiger partial charge is 0.315 e. The van der Waals surface area contributed by atoms with Gasteiger partial charge < -0.3 is 5.32 Å². The first-order chi connectivity index (χ1) is 6.70. The molecule has 0 saturated heterocycles. The Labute approximate surface area is 80.9 Å². The number of nitrogens with one attached hydrogen (secondary N) is 1. The summed E-state index contributed by atoms with van der Waals surface area (Å²) in [5, 5.41) is 2.14. The van der Waals surface area contributed by atoms with Gasteiger partial charge in [0, 0.05) is 6.54 Å². The van der Waals surface area contributed by atoms with Crippen molar-refractivity contribution in [3.63, 3.8) is 0 Å². The number of carbonyl (C=O) groups excluding carboxylic acids is 1. The van der Waals surface area contributed by atoms with Crippen molar-refractivity contribution in [2.75, 3.05) is 6.54 Å². The second kappa shape index (κ2) is 5.32. The maximum absolute atomic E-state index is 11.7. The van der Waals surface area contributed by atoms with E-state index in [1.165, 1.54) is 0 Å². The van der Waals surface area contributed by atoms with Crippen LogP contribution in [0.15, 0.2) is 30.3 Å². The highest BCUT2D eigenvalue weighted by atomic mass is 19.3. The molecule has 0 aromatic heterocycles. The van der Waals surface area contributed by atoms with E-state index in [2.05, 4.69) is 5.32 Å². The van der Waals surface area contributed by atoms with Crippen LogP contribution in [0.25, 0.3) is 0 Å². The molecular formula is C10H11F2NO. The van der Waals surface area contributed by atoms with Gasteiger partial charge in [-0.3, -0.25) is 4.79 Å². The predicted octanol–water partition coefficient (Wildman–Crippen LogP) is 1.61. The normalized spacial score (nSPS) is 10.2. The Kier molecular flexibility index (Phi) is 4.04. The average molecular weight is 199 g/mol. The topological polar surface area (TPSA) is 29.1 Å². The van der Waals surface area contributed by atoms with E-state index in [1.54, 1.807) is 0 Å². The summed E-state index contributed by atoms with van der Waals surface area (Å²) >= 11 is 0. The van der Waals surface area contributed by atoms with Crippen molar-refractivity contribution in [1.82, 2.24) is 5.32 Å². The highest BCUT2D eigenvalue weighted by molar-refractivity contribution is 5.78. The first-order valence-electron chi connectivity index (χ1n) is 4.30. The van der Waals surface area contributed by atoms with Crippen LogP contribution in [-0.4, -0.2) is 18.9 Å². The third kappa shape index (κ3) is 3.51.